The zero-order valence-electron chi connectivity index (χ0n) is 12.7. The van der Waals surface area contributed by atoms with Crippen LogP contribution < -0.4 is 5.73 Å². The summed E-state index contributed by atoms with van der Waals surface area (Å²) in [7, 11) is 1.86. The van der Waals surface area contributed by atoms with Crippen molar-refractivity contribution in [2.75, 3.05) is 13.6 Å². The fourth-order valence-corrected chi connectivity index (χ4v) is 2.53. The highest BCUT2D eigenvalue weighted by Crippen LogP contribution is 2.26. The van der Waals surface area contributed by atoms with Crippen LogP contribution in [-0.4, -0.2) is 24.4 Å². The van der Waals surface area contributed by atoms with Crippen LogP contribution >= 0.6 is 15.9 Å². The largest absolute Gasteiger partial charge is 0.341 e. The van der Waals surface area contributed by atoms with Gasteiger partial charge >= 0.3 is 0 Å². The number of hydrogen-bond acceptors (Lipinski definition) is 2. The second kappa shape index (κ2) is 7.79. The highest BCUT2D eigenvalue weighted by molar-refractivity contribution is 9.10. The van der Waals surface area contributed by atoms with Crippen molar-refractivity contribution >= 4 is 21.8 Å². The molecule has 0 aliphatic heterocycles. The molecule has 0 aliphatic rings. The topological polar surface area (TPSA) is 46.3 Å². The van der Waals surface area contributed by atoms with Crippen molar-refractivity contribution < 1.29 is 4.79 Å². The summed E-state index contributed by atoms with van der Waals surface area (Å²) in [4.78, 5) is 14.0. The minimum Gasteiger partial charge on any atom is -0.341 e. The van der Waals surface area contributed by atoms with Crippen molar-refractivity contribution in [3.8, 4) is 0 Å². The SMILES string of the molecule is CN(Cc1ccccc1Br)C(=O)CCC(C)(C)CCN. The Labute approximate surface area is 130 Å². The van der Waals surface area contributed by atoms with Crippen molar-refractivity contribution in [3.05, 3.63) is 34.3 Å². The summed E-state index contributed by atoms with van der Waals surface area (Å²) in [6.07, 6.45) is 2.41. The van der Waals surface area contributed by atoms with E-state index in [4.69, 9.17) is 5.73 Å². The molecule has 20 heavy (non-hydrogen) atoms. The monoisotopic (exact) mass is 340 g/mol. The summed E-state index contributed by atoms with van der Waals surface area (Å²) in [5.41, 5.74) is 6.87. The van der Waals surface area contributed by atoms with E-state index in [1.807, 2.05) is 31.3 Å². The summed E-state index contributed by atoms with van der Waals surface area (Å²) in [5, 5.41) is 0. The molecule has 112 valence electrons. The Morgan fingerprint density at radius 3 is 2.55 bits per heavy atom. The molecule has 4 heteroatoms. The molecule has 0 radical (unpaired) electrons. The van der Waals surface area contributed by atoms with E-state index in [0.29, 0.717) is 19.5 Å². The van der Waals surface area contributed by atoms with Crippen molar-refractivity contribution in [3.63, 3.8) is 0 Å². The summed E-state index contributed by atoms with van der Waals surface area (Å²) < 4.78 is 1.04. The van der Waals surface area contributed by atoms with Gasteiger partial charge in [0.05, 0.1) is 0 Å². The Kier molecular flexibility index (Phi) is 6.69. The van der Waals surface area contributed by atoms with Crippen LogP contribution in [0.3, 0.4) is 0 Å². The van der Waals surface area contributed by atoms with Crippen LogP contribution in [0, 0.1) is 5.41 Å². The van der Waals surface area contributed by atoms with Gasteiger partial charge in [0.25, 0.3) is 0 Å². The number of carbonyl (C=O) groups excluding carboxylic acids is 1. The molecule has 3 nitrogen and oxygen atoms in total. The minimum atomic E-state index is 0.137. The molecule has 0 heterocycles. The van der Waals surface area contributed by atoms with Gasteiger partial charge in [-0.3, -0.25) is 4.79 Å². The third kappa shape index (κ3) is 5.63. The Morgan fingerprint density at radius 1 is 1.30 bits per heavy atom. The standard InChI is InChI=1S/C16H25BrN2O/c1-16(2,10-11-18)9-8-15(20)19(3)12-13-6-4-5-7-14(13)17/h4-7H,8-12,18H2,1-3H3. The zero-order valence-corrected chi connectivity index (χ0v) is 14.2. The smallest absolute Gasteiger partial charge is 0.222 e. The number of nitrogens with zero attached hydrogens (tertiary/aromatic N) is 1. The first kappa shape index (κ1) is 17.2. The van der Waals surface area contributed by atoms with Crippen molar-refractivity contribution in [2.24, 2.45) is 11.1 Å². The number of amides is 1. The number of halogens is 1. The Morgan fingerprint density at radius 2 is 1.95 bits per heavy atom. The normalized spacial score (nSPS) is 11.4. The first-order chi connectivity index (χ1) is 9.35. The molecule has 0 fully saturated rings. The molecule has 0 saturated carbocycles. The summed E-state index contributed by atoms with van der Waals surface area (Å²) >= 11 is 3.51. The quantitative estimate of drug-likeness (QED) is 0.824. The molecule has 0 bridgehead atoms. The maximum atomic E-state index is 12.2. The van der Waals surface area contributed by atoms with Gasteiger partial charge in [-0.2, -0.15) is 0 Å². The number of carbonyl (C=O) groups is 1. The molecule has 1 aromatic rings. The lowest BCUT2D eigenvalue weighted by atomic mass is 9.84. The lowest BCUT2D eigenvalue weighted by Gasteiger charge is -2.25. The van der Waals surface area contributed by atoms with Gasteiger partial charge in [0.1, 0.15) is 0 Å². The van der Waals surface area contributed by atoms with Gasteiger partial charge in [-0.25, -0.2) is 0 Å². The average molecular weight is 341 g/mol. The van der Waals surface area contributed by atoms with Crippen LogP contribution in [0.4, 0.5) is 0 Å². The number of nitrogens with two attached hydrogens (primary N) is 1. The lowest BCUT2D eigenvalue weighted by molar-refractivity contribution is -0.131. The Hall–Kier alpha value is -0.870. The highest BCUT2D eigenvalue weighted by atomic mass is 79.9. The molecule has 2 N–H and O–H groups in total. The minimum absolute atomic E-state index is 0.137. The van der Waals surface area contributed by atoms with Crippen LogP contribution in [0.5, 0.6) is 0 Å². The average Bonchev–Trinajstić information content (AvgIpc) is 2.38. The second-order valence-corrected chi connectivity index (χ2v) is 6.90. The zero-order chi connectivity index (χ0) is 15.2. The van der Waals surface area contributed by atoms with E-state index in [9.17, 15) is 4.79 Å². The van der Waals surface area contributed by atoms with Crippen LogP contribution in [0.1, 0.15) is 38.7 Å². The molecular weight excluding hydrogens is 316 g/mol. The second-order valence-electron chi connectivity index (χ2n) is 6.04. The van der Waals surface area contributed by atoms with Gasteiger partial charge in [-0.15, -0.1) is 0 Å². The van der Waals surface area contributed by atoms with Gasteiger partial charge in [0.2, 0.25) is 5.91 Å². The Bertz CT molecular complexity index is 446. The molecule has 0 aromatic heterocycles. The molecule has 0 saturated heterocycles. The fraction of sp³-hybridized carbons (Fsp3) is 0.562. The van der Waals surface area contributed by atoms with Gasteiger partial charge in [-0.05, 0) is 36.4 Å². The van der Waals surface area contributed by atoms with Crippen LogP contribution in [-0.2, 0) is 11.3 Å². The first-order valence-electron chi connectivity index (χ1n) is 7.03. The Balaban J connectivity index is 2.50. The van der Waals surface area contributed by atoms with E-state index in [-0.39, 0.29) is 11.3 Å². The molecule has 0 atom stereocenters. The molecule has 1 amide bonds. The van der Waals surface area contributed by atoms with Gasteiger partial charge < -0.3 is 10.6 Å². The molecule has 1 aromatic carbocycles. The molecule has 1 rings (SSSR count). The van der Waals surface area contributed by atoms with Crippen LogP contribution in [0.15, 0.2) is 28.7 Å². The van der Waals surface area contributed by atoms with E-state index < -0.39 is 0 Å². The fourth-order valence-electron chi connectivity index (χ4n) is 2.12. The summed E-state index contributed by atoms with van der Waals surface area (Å²) in [6, 6.07) is 8.00. The maximum Gasteiger partial charge on any atom is 0.222 e. The third-order valence-corrected chi connectivity index (χ3v) is 4.40. The van der Waals surface area contributed by atoms with E-state index in [1.54, 1.807) is 4.90 Å². The number of hydrogen-bond donors (Lipinski definition) is 1. The molecular formula is C16H25BrN2O. The van der Waals surface area contributed by atoms with E-state index in [1.165, 1.54) is 0 Å². The molecule has 0 spiro atoms. The van der Waals surface area contributed by atoms with Crippen molar-refractivity contribution in [2.45, 2.75) is 39.7 Å². The number of benzene rings is 1. The van der Waals surface area contributed by atoms with E-state index in [0.717, 1.165) is 22.9 Å². The van der Waals surface area contributed by atoms with Gasteiger partial charge in [-0.1, -0.05) is 48.0 Å². The van der Waals surface area contributed by atoms with Gasteiger partial charge in [0.15, 0.2) is 0 Å². The third-order valence-electron chi connectivity index (χ3n) is 3.63. The van der Waals surface area contributed by atoms with Crippen LogP contribution in [0.2, 0.25) is 0 Å². The predicted molar refractivity (Wildman–Crippen MR) is 87.3 cm³/mol. The lowest BCUT2D eigenvalue weighted by Crippen LogP contribution is -2.28. The summed E-state index contributed by atoms with van der Waals surface area (Å²) in [6.45, 7) is 5.65. The first-order valence-corrected chi connectivity index (χ1v) is 7.82. The summed E-state index contributed by atoms with van der Waals surface area (Å²) in [5.74, 6) is 0.186. The molecule has 0 aliphatic carbocycles. The highest BCUT2D eigenvalue weighted by Gasteiger charge is 2.20. The van der Waals surface area contributed by atoms with Crippen molar-refractivity contribution in [1.29, 1.82) is 0 Å². The van der Waals surface area contributed by atoms with Crippen molar-refractivity contribution in [1.82, 2.24) is 4.90 Å². The van der Waals surface area contributed by atoms with E-state index in [2.05, 4.69) is 29.8 Å². The maximum absolute atomic E-state index is 12.2. The molecule has 0 unspecified atom stereocenters. The predicted octanol–water partition coefficient (Wildman–Crippen LogP) is 3.56. The van der Waals surface area contributed by atoms with Crippen LogP contribution in [0.25, 0.3) is 0 Å². The van der Waals surface area contributed by atoms with E-state index >= 15 is 0 Å². The number of rotatable bonds is 7. The van der Waals surface area contributed by atoms with Gasteiger partial charge in [0, 0.05) is 24.5 Å².